The molecule has 1 aromatic heterocycles. The molecule has 114 valence electrons. The van der Waals surface area contributed by atoms with Crippen molar-refractivity contribution in [3.8, 4) is 17.6 Å². The molecule has 0 aliphatic carbocycles. The van der Waals surface area contributed by atoms with Gasteiger partial charge in [0.05, 0.1) is 6.61 Å². The molecule has 0 fully saturated rings. The maximum Gasteiger partial charge on any atom is 0.119 e. The Morgan fingerprint density at radius 1 is 0.955 bits per heavy atom. The molecule has 0 unspecified atom stereocenters. The van der Waals surface area contributed by atoms with Crippen molar-refractivity contribution in [2.45, 2.75) is 39.5 Å². The molecule has 0 radical (unpaired) electrons. The van der Waals surface area contributed by atoms with E-state index in [1.165, 1.54) is 18.4 Å². The van der Waals surface area contributed by atoms with Gasteiger partial charge in [-0.3, -0.25) is 0 Å². The number of hydrogen-bond acceptors (Lipinski definition) is 2. The molecule has 0 amide bonds. The lowest BCUT2D eigenvalue weighted by Crippen LogP contribution is -1.94. The van der Waals surface area contributed by atoms with Gasteiger partial charge in [-0.25, -0.2) is 4.98 Å². The van der Waals surface area contributed by atoms with E-state index in [9.17, 15) is 0 Å². The summed E-state index contributed by atoms with van der Waals surface area (Å²) >= 11 is 0. The van der Waals surface area contributed by atoms with Crippen molar-refractivity contribution in [3.63, 3.8) is 0 Å². The Bertz CT molecular complexity index is 562. The van der Waals surface area contributed by atoms with E-state index in [0.717, 1.165) is 36.5 Å². The van der Waals surface area contributed by atoms with Crippen LogP contribution in [0, 0.1) is 11.8 Å². The molecule has 2 nitrogen and oxygen atoms in total. The van der Waals surface area contributed by atoms with E-state index in [0.29, 0.717) is 0 Å². The van der Waals surface area contributed by atoms with Crippen LogP contribution in [0.2, 0.25) is 0 Å². The normalized spacial score (nSPS) is 9.91. The summed E-state index contributed by atoms with van der Waals surface area (Å²) in [6.07, 6.45) is 6.46. The zero-order chi connectivity index (χ0) is 15.6. The van der Waals surface area contributed by atoms with Crippen LogP contribution >= 0.6 is 0 Å². The Kier molecular flexibility index (Phi) is 6.51. The number of pyridine rings is 1. The quantitative estimate of drug-likeness (QED) is 0.725. The number of unbranched alkanes of at least 4 members (excludes halogenated alkanes) is 1. The zero-order valence-electron chi connectivity index (χ0n) is 13.4. The van der Waals surface area contributed by atoms with Gasteiger partial charge in [0, 0.05) is 11.8 Å². The summed E-state index contributed by atoms with van der Waals surface area (Å²) in [6.45, 7) is 5.05. The van der Waals surface area contributed by atoms with E-state index < -0.39 is 0 Å². The van der Waals surface area contributed by atoms with Crippen molar-refractivity contribution in [2.75, 3.05) is 6.61 Å². The molecular formula is C20H23NO. The lowest BCUT2D eigenvalue weighted by Gasteiger charge is -2.03. The molecule has 2 heteroatoms. The smallest absolute Gasteiger partial charge is 0.119 e. The zero-order valence-corrected chi connectivity index (χ0v) is 13.4. The summed E-state index contributed by atoms with van der Waals surface area (Å²) in [6, 6.07) is 12.0. The highest BCUT2D eigenvalue weighted by atomic mass is 16.5. The van der Waals surface area contributed by atoms with Gasteiger partial charge in [-0.2, -0.15) is 0 Å². The minimum absolute atomic E-state index is 0.749. The first kappa shape index (κ1) is 16.1. The highest BCUT2D eigenvalue weighted by Crippen LogP contribution is 2.12. The average Bonchev–Trinajstić information content (AvgIpc) is 2.58. The summed E-state index contributed by atoms with van der Waals surface area (Å²) in [7, 11) is 0. The van der Waals surface area contributed by atoms with E-state index in [1.54, 1.807) is 0 Å². The second kappa shape index (κ2) is 8.89. The Hall–Kier alpha value is -2.27. The third-order valence-corrected chi connectivity index (χ3v) is 3.31. The molecule has 1 heterocycles. The van der Waals surface area contributed by atoms with E-state index in [1.807, 2.05) is 36.5 Å². The summed E-state index contributed by atoms with van der Waals surface area (Å²) in [5.74, 6) is 7.14. The Morgan fingerprint density at radius 2 is 1.77 bits per heavy atom. The summed E-state index contributed by atoms with van der Waals surface area (Å²) in [4.78, 5) is 4.41. The number of rotatable bonds is 6. The van der Waals surface area contributed by atoms with E-state index in [2.05, 4.69) is 36.7 Å². The van der Waals surface area contributed by atoms with Crippen LogP contribution in [0.25, 0.3) is 0 Å². The molecule has 0 aliphatic heterocycles. The van der Waals surface area contributed by atoms with Crippen LogP contribution < -0.4 is 4.74 Å². The van der Waals surface area contributed by atoms with Crippen LogP contribution in [0.1, 0.15) is 49.9 Å². The number of aryl methyl sites for hydroxylation is 1. The number of aromatic nitrogens is 1. The number of hydrogen-bond donors (Lipinski definition) is 0. The third kappa shape index (κ3) is 5.26. The van der Waals surface area contributed by atoms with E-state index in [-0.39, 0.29) is 0 Å². The van der Waals surface area contributed by atoms with Gasteiger partial charge < -0.3 is 4.74 Å². The van der Waals surface area contributed by atoms with Crippen molar-refractivity contribution in [1.82, 2.24) is 4.98 Å². The summed E-state index contributed by atoms with van der Waals surface area (Å²) < 4.78 is 5.56. The van der Waals surface area contributed by atoms with Gasteiger partial charge in [0.15, 0.2) is 0 Å². The fourth-order valence-electron chi connectivity index (χ4n) is 2.02. The molecule has 0 aliphatic rings. The van der Waals surface area contributed by atoms with Crippen molar-refractivity contribution in [3.05, 3.63) is 59.4 Å². The molecule has 0 spiro atoms. The predicted molar refractivity (Wildman–Crippen MR) is 91.1 cm³/mol. The van der Waals surface area contributed by atoms with Crippen molar-refractivity contribution >= 4 is 0 Å². The predicted octanol–water partition coefficient (Wildman–Crippen LogP) is 4.61. The second-order valence-corrected chi connectivity index (χ2v) is 5.28. The fourth-order valence-corrected chi connectivity index (χ4v) is 2.02. The van der Waals surface area contributed by atoms with Crippen molar-refractivity contribution < 1.29 is 4.74 Å². The number of benzene rings is 1. The van der Waals surface area contributed by atoms with E-state index in [4.69, 9.17) is 4.74 Å². The first-order chi connectivity index (χ1) is 10.8. The molecule has 0 atom stereocenters. The Morgan fingerprint density at radius 3 is 2.41 bits per heavy atom. The average molecular weight is 293 g/mol. The van der Waals surface area contributed by atoms with Crippen LogP contribution in [-0.4, -0.2) is 11.6 Å². The Labute approximate surface area is 133 Å². The minimum Gasteiger partial charge on any atom is -0.494 e. The summed E-state index contributed by atoms with van der Waals surface area (Å²) in [5, 5.41) is 0. The van der Waals surface area contributed by atoms with E-state index >= 15 is 0 Å². The number of ether oxygens (including phenoxy) is 1. The van der Waals surface area contributed by atoms with Crippen LogP contribution in [0.3, 0.4) is 0 Å². The van der Waals surface area contributed by atoms with Crippen LogP contribution in [-0.2, 0) is 6.42 Å². The fraction of sp³-hybridized carbons (Fsp3) is 0.350. The van der Waals surface area contributed by atoms with Crippen LogP contribution in [0.4, 0.5) is 0 Å². The molecule has 1 aromatic carbocycles. The van der Waals surface area contributed by atoms with Crippen molar-refractivity contribution in [1.29, 1.82) is 0 Å². The third-order valence-electron chi connectivity index (χ3n) is 3.31. The topological polar surface area (TPSA) is 22.1 Å². The highest BCUT2D eigenvalue weighted by Gasteiger charge is 1.95. The molecule has 0 saturated carbocycles. The van der Waals surface area contributed by atoms with Gasteiger partial charge in [-0.05, 0) is 61.1 Å². The first-order valence-corrected chi connectivity index (χ1v) is 8.01. The van der Waals surface area contributed by atoms with Gasteiger partial charge in [0.1, 0.15) is 11.4 Å². The molecule has 0 bridgehead atoms. The van der Waals surface area contributed by atoms with Crippen molar-refractivity contribution in [2.24, 2.45) is 0 Å². The van der Waals surface area contributed by atoms with Crippen LogP contribution in [0.5, 0.6) is 5.75 Å². The highest BCUT2D eigenvalue weighted by molar-refractivity contribution is 5.42. The standard InChI is InChI=1S/C20H23NO/c1-3-5-6-18-8-12-19(21-16-18)11-7-17-9-13-20(14-10-17)22-15-4-2/h8-10,12-14,16H,3-6,15H2,1-2H3. The monoisotopic (exact) mass is 293 g/mol. The first-order valence-electron chi connectivity index (χ1n) is 8.01. The largest absolute Gasteiger partial charge is 0.494 e. The molecular weight excluding hydrogens is 270 g/mol. The maximum atomic E-state index is 5.56. The van der Waals surface area contributed by atoms with Crippen LogP contribution in [0.15, 0.2) is 42.6 Å². The lowest BCUT2D eigenvalue weighted by atomic mass is 10.1. The number of nitrogens with zero attached hydrogens (tertiary/aromatic N) is 1. The molecule has 0 N–H and O–H groups in total. The Balaban J connectivity index is 1.97. The van der Waals surface area contributed by atoms with Gasteiger partial charge in [0.2, 0.25) is 0 Å². The molecule has 2 rings (SSSR count). The molecule has 2 aromatic rings. The molecule has 22 heavy (non-hydrogen) atoms. The second-order valence-electron chi connectivity index (χ2n) is 5.28. The van der Waals surface area contributed by atoms with Gasteiger partial charge in [-0.1, -0.05) is 32.3 Å². The minimum atomic E-state index is 0.749. The van der Waals surface area contributed by atoms with Gasteiger partial charge in [-0.15, -0.1) is 0 Å². The maximum absolute atomic E-state index is 5.56. The molecule has 0 saturated heterocycles. The summed E-state index contributed by atoms with van der Waals surface area (Å²) in [5.41, 5.74) is 3.07. The van der Waals surface area contributed by atoms with Gasteiger partial charge in [0.25, 0.3) is 0 Å². The lowest BCUT2D eigenvalue weighted by molar-refractivity contribution is 0.317. The van der Waals surface area contributed by atoms with Gasteiger partial charge >= 0.3 is 0 Å². The SMILES string of the molecule is CCCCc1ccc(C#Cc2ccc(OCCC)cc2)nc1.